The van der Waals surface area contributed by atoms with E-state index in [1.165, 1.54) is 109 Å². The van der Waals surface area contributed by atoms with Gasteiger partial charge in [-0.25, -0.2) is 0 Å². The lowest BCUT2D eigenvalue weighted by atomic mass is 9.95. The fourth-order valence-electron chi connectivity index (χ4n) is 9.60. The molecule has 0 atom stereocenters. The summed E-state index contributed by atoms with van der Waals surface area (Å²) in [6.07, 6.45) is 0. The van der Waals surface area contributed by atoms with Crippen LogP contribution in [-0.2, 0) is 13.1 Å². The van der Waals surface area contributed by atoms with Gasteiger partial charge in [0, 0.05) is 45.7 Å². The van der Waals surface area contributed by atoms with E-state index in [1.54, 1.807) is 0 Å². The molecule has 2 heteroatoms. The third-order valence-electron chi connectivity index (χ3n) is 12.2. The number of fused-ring (bicyclic) bond motifs is 14. The van der Waals surface area contributed by atoms with Crippen LogP contribution in [0.2, 0.25) is 0 Å². The lowest BCUT2D eigenvalue weighted by molar-refractivity contribution is 0.869. The normalized spacial score (nSPS) is 12.1. The third kappa shape index (κ3) is 4.69. The third-order valence-corrected chi connectivity index (χ3v) is 12.2. The number of hydrogen-bond donors (Lipinski definition) is 0. The van der Waals surface area contributed by atoms with Crippen LogP contribution in [0.5, 0.6) is 0 Å². The fraction of sp³-hybridized carbons (Fsp3) is 0.0370. The van der Waals surface area contributed by atoms with Crippen LogP contribution in [0, 0.1) is 0 Å². The quantitative estimate of drug-likeness (QED) is 0.157. The molecule has 0 aliphatic rings. The topological polar surface area (TPSA) is 9.86 Å². The maximum Gasteiger partial charge on any atom is 0.0501 e. The van der Waals surface area contributed by atoms with Crippen molar-refractivity contribution in [3.05, 3.63) is 205 Å². The van der Waals surface area contributed by atoms with Gasteiger partial charge in [0.1, 0.15) is 0 Å². The van der Waals surface area contributed by atoms with Crippen LogP contribution in [0.4, 0.5) is 0 Å². The summed E-state index contributed by atoms with van der Waals surface area (Å²) in [4.78, 5) is 0. The Hall–Kier alpha value is -7.16. The average Bonchev–Trinajstić information content (AvgIpc) is 3.75. The molecule has 0 N–H and O–H groups in total. The van der Waals surface area contributed by atoms with E-state index in [-0.39, 0.29) is 0 Å². The Labute approximate surface area is 324 Å². The largest absolute Gasteiger partial charge is 0.336 e. The minimum atomic E-state index is 0.810. The first kappa shape index (κ1) is 31.2. The first-order valence-electron chi connectivity index (χ1n) is 19.6. The molecule has 0 aliphatic heterocycles. The van der Waals surface area contributed by atoms with Gasteiger partial charge in [0.25, 0.3) is 0 Å². The Bertz CT molecular complexity index is 3280. The molecule has 2 nitrogen and oxygen atoms in total. The molecule has 262 valence electrons. The molecule has 0 amide bonds. The molecular weight excluding hydrogens is 677 g/mol. The van der Waals surface area contributed by atoms with Crippen molar-refractivity contribution in [1.82, 2.24) is 9.13 Å². The van der Waals surface area contributed by atoms with Gasteiger partial charge in [0.2, 0.25) is 0 Å². The summed E-state index contributed by atoms with van der Waals surface area (Å²) in [5.74, 6) is 0. The van der Waals surface area contributed by atoms with Crippen LogP contribution in [0.15, 0.2) is 194 Å². The van der Waals surface area contributed by atoms with Crippen molar-refractivity contribution in [3.63, 3.8) is 0 Å². The van der Waals surface area contributed by atoms with Gasteiger partial charge in [-0.15, -0.1) is 0 Å². The molecule has 0 unspecified atom stereocenters. The molecule has 0 radical (unpaired) electrons. The van der Waals surface area contributed by atoms with E-state index in [0.717, 1.165) is 13.1 Å². The summed E-state index contributed by atoms with van der Waals surface area (Å²) >= 11 is 0. The van der Waals surface area contributed by atoms with E-state index in [2.05, 4.69) is 203 Å². The monoisotopic (exact) mass is 712 g/mol. The fourth-order valence-corrected chi connectivity index (χ4v) is 9.60. The Morgan fingerprint density at radius 2 is 0.643 bits per heavy atom. The van der Waals surface area contributed by atoms with Gasteiger partial charge >= 0.3 is 0 Å². The van der Waals surface area contributed by atoms with Crippen LogP contribution in [0.25, 0.3) is 97.8 Å². The van der Waals surface area contributed by atoms with Gasteiger partial charge in [-0.1, -0.05) is 158 Å². The molecule has 0 bridgehead atoms. The van der Waals surface area contributed by atoms with Gasteiger partial charge in [0.05, 0.1) is 11.0 Å². The average molecular weight is 713 g/mol. The van der Waals surface area contributed by atoms with Crippen LogP contribution >= 0.6 is 0 Å². The van der Waals surface area contributed by atoms with Gasteiger partial charge in [-0.3, -0.25) is 0 Å². The molecule has 0 spiro atoms. The summed E-state index contributed by atoms with van der Waals surface area (Å²) in [7, 11) is 0. The Morgan fingerprint density at radius 1 is 0.268 bits per heavy atom. The summed E-state index contributed by atoms with van der Waals surface area (Å²) in [5.41, 5.74) is 10.1. The molecular formula is C54H36N2. The van der Waals surface area contributed by atoms with E-state index in [0.29, 0.717) is 0 Å². The Morgan fingerprint density at radius 3 is 1.11 bits per heavy atom. The van der Waals surface area contributed by atoms with Crippen molar-refractivity contribution >= 4 is 86.7 Å². The molecule has 12 rings (SSSR count). The molecule has 0 saturated carbocycles. The van der Waals surface area contributed by atoms with Crippen LogP contribution in [0.1, 0.15) is 11.1 Å². The second-order valence-corrected chi connectivity index (χ2v) is 15.3. The lowest BCUT2D eigenvalue weighted by Gasteiger charge is -2.10. The predicted molar refractivity (Wildman–Crippen MR) is 239 cm³/mol. The highest BCUT2D eigenvalue weighted by Gasteiger charge is 2.19. The van der Waals surface area contributed by atoms with E-state index < -0.39 is 0 Å². The van der Waals surface area contributed by atoms with Crippen molar-refractivity contribution in [2.24, 2.45) is 0 Å². The highest BCUT2D eigenvalue weighted by molar-refractivity contribution is 6.29. The Balaban J connectivity index is 1.15. The molecule has 0 aliphatic carbocycles. The second-order valence-electron chi connectivity index (χ2n) is 15.3. The number of aromatic nitrogens is 2. The highest BCUT2D eigenvalue weighted by atomic mass is 15.0. The number of hydrogen-bond acceptors (Lipinski definition) is 0. The van der Waals surface area contributed by atoms with E-state index in [1.807, 2.05) is 0 Å². The standard InChI is InChI=1S/C54H36N2/c1-3-11-35(12-4-1)33-55-47-27-25-41(31-45(47)53-49(55)29-23-39-21-19-37-15-7-9-17-43(37)51(39)53)42-26-28-48-46(32-42)54-50(56(48)34-36-13-5-2-6-14-36)30-24-40-22-20-38-16-8-10-18-44(38)52(40)54/h1-32H,33-34H2. The maximum atomic E-state index is 2.52. The number of rotatable bonds is 5. The van der Waals surface area contributed by atoms with Gasteiger partial charge in [0.15, 0.2) is 0 Å². The van der Waals surface area contributed by atoms with Crippen molar-refractivity contribution in [2.45, 2.75) is 13.1 Å². The number of benzene rings is 10. The zero-order chi connectivity index (χ0) is 36.7. The molecule has 10 aromatic carbocycles. The van der Waals surface area contributed by atoms with Crippen LogP contribution in [-0.4, -0.2) is 9.13 Å². The minimum absolute atomic E-state index is 0.810. The first-order chi connectivity index (χ1) is 27.8. The van der Waals surface area contributed by atoms with Crippen molar-refractivity contribution in [3.8, 4) is 11.1 Å². The zero-order valence-electron chi connectivity index (χ0n) is 30.8. The molecule has 56 heavy (non-hydrogen) atoms. The molecule has 0 fully saturated rings. The van der Waals surface area contributed by atoms with E-state index in [9.17, 15) is 0 Å². The molecule has 0 saturated heterocycles. The molecule has 2 heterocycles. The first-order valence-corrected chi connectivity index (χ1v) is 19.6. The SMILES string of the molecule is c1ccc(Cn2c3ccc(-c4ccc5c(c4)c4c6c(ccc7ccccc76)ccc4n5Cc4ccccc4)cc3c3c4c(ccc5ccccc54)ccc32)cc1. The number of nitrogens with zero attached hydrogens (tertiary/aromatic N) is 2. The highest BCUT2D eigenvalue weighted by Crippen LogP contribution is 2.43. The molecule has 12 aromatic rings. The van der Waals surface area contributed by atoms with Gasteiger partial charge in [-0.05, 0) is 102 Å². The van der Waals surface area contributed by atoms with Crippen molar-refractivity contribution in [2.75, 3.05) is 0 Å². The summed E-state index contributed by atoms with van der Waals surface area (Å²) in [5, 5.41) is 15.6. The second kappa shape index (κ2) is 12.2. The van der Waals surface area contributed by atoms with E-state index >= 15 is 0 Å². The van der Waals surface area contributed by atoms with Crippen LogP contribution < -0.4 is 0 Å². The summed E-state index contributed by atoms with van der Waals surface area (Å²) in [6, 6.07) is 72.0. The molecule has 2 aromatic heterocycles. The summed E-state index contributed by atoms with van der Waals surface area (Å²) in [6.45, 7) is 1.62. The minimum Gasteiger partial charge on any atom is -0.336 e. The maximum absolute atomic E-state index is 2.52. The van der Waals surface area contributed by atoms with E-state index in [4.69, 9.17) is 0 Å². The smallest absolute Gasteiger partial charge is 0.0501 e. The predicted octanol–water partition coefficient (Wildman–Crippen LogP) is 14.3. The van der Waals surface area contributed by atoms with Gasteiger partial charge in [-0.2, -0.15) is 0 Å². The Kier molecular flexibility index (Phi) is 6.79. The van der Waals surface area contributed by atoms with Crippen molar-refractivity contribution in [1.29, 1.82) is 0 Å². The van der Waals surface area contributed by atoms with Crippen LogP contribution in [0.3, 0.4) is 0 Å². The van der Waals surface area contributed by atoms with Gasteiger partial charge < -0.3 is 9.13 Å². The van der Waals surface area contributed by atoms with Crippen molar-refractivity contribution < 1.29 is 0 Å². The zero-order valence-corrected chi connectivity index (χ0v) is 30.8. The lowest BCUT2D eigenvalue weighted by Crippen LogP contribution is -1.99. The summed E-state index contributed by atoms with van der Waals surface area (Å²) < 4.78 is 5.03.